The van der Waals surface area contributed by atoms with Gasteiger partial charge in [-0.1, -0.05) is 71.4 Å². The molecule has 0 aliphatic heterocycles. The van der Waals surface area contributed by atoms with Crippen LogP contribution in [0.3, 0.4) is 0 Å². The summed E-state index contributed by atoms with van der Waals surface area (Å²) in [5.74, 6) is 0. The van der Waals surface area contributed by atoms with Gasteiger partial charge in [0.05, 0.1) is 32.2 Å². The molecule has 2 atom stereocenters. The second-order valence-electron chi connectivity index (χ2n) is 7.20. The topological polar surface area (TPSA) is 24.7 Å². The van der Waals surface area contributed by atoms with Crippen molar-refractivity contribution >= 4 is 66.6 Å². The van der Waals surface area contributed by atoms with Crippen molar-refractivity contribution in [1.82, 2.24) is 0 Å². The van der Waals surface area contributed by atoms with Gasteiger partial charge in [0.2, 0.25) is 0 Å². The Morgan fingerprint density at radius 1 is 0.647 bits per heavy atom. The predicted molar refractivity (Wildman–Crippen MR) is 128 cm³/mol. The van der Waals surface area contributed by atoms with Gasteiger partial charge in [-0.15, -0.1) is 0 Å². The van der Waals surface area contributed by atoms with E-state index < -0.39 is 7.81 Å². The molecule has 0 heterocycles. The average Bonchev–Trinajstić information content (AvgIpc) is 2.66. The van der Waals surface area contributed by atoms with E-state index in [9.17, 15) is 25.2 Å². The molecule has 194 valence electrons. The van der Waals surface area contributed by atoms with Gasteiger partial charge in [-0.05, 0) is 37.1 Å². The third kappa shape index (κ3) is 12.4. The summed E-state index contributed by atoms with van der Waals surface area (Å²) in [5.41, 5.74) is 1.50. The van der Waals surface area contributed by atoms with Crippen LogP contribution >= 0.6 is 54.2 Å². The summed E-state index contributed by atoms with van der Waals surface area (Å²) in [6, 6.07) is 11.1. The van der Waals surface area contributed by atoms with Gasteiger partial charge in [0.15, 0.2) is 0 Å². The first-order chi connectivity index (χ1) is 15.0. The van der Waals surface area contributed by atoms with Crippen LogP contribution < -0.4 is 0 Å². The second-order valence-corrected chi connectivity index (χ2v) is 10.7. The molecular formula is C20H18Cl4CuF6N2P. The van der Waals surface area contributed by atoms with Gasteiger partial charge < -0.3 is 0 Å². The Labute approximate surface area is 223 Å². The monoisotopic (exact) mass is 634 g/mol. The van der Waals surface area contributed by atoms with Crippen molar-refractivity contribution in [3.05, 3.63) is 67.6 Å². The number of benzene rings is 2. The number of hydrogen-bond acceptors (Lipinski definition) is 2. The standard InChI is InChI=1S/C20H18Cl4N2.Cu.F6P/c21-15-5-3-6-16(22)13(15)11-25-19-9-1-2-10-20(19)26-12-14-17(23)7-4-8-18(14)24;;1-7(2,3,4,5)6/h3-8,11-12,19-20H,1-2,9-10H2;;/q;+1;-1/t19-,20-;;/m1../s1. The Hall–Kier alpha value is -0.531. The van der Waals surface area contributed by atoms with Crippen LogP contribution in [0.4, 0.5) is 25.2 Å². The molecule has 2 aromatic carbocycles. The molecule has 1 fully saturated rings. The number of aliphatic imine (C=N–C) groups is 2. The van der Waals surface area contributed by atoms with E-state index in [4.69, 9.17) is 56.4 Å². The Kier molecular flexibility index (Phi) is 10.8. The zero-order valence-electron chi connectivity index (χ0n) is 17.0. The van der Waals surface area contributed by atoms with Crippen molar-refractivity contribution in [1.29, 1.82) is 0 Å². The summed E-state index contributed by atoms with van der Waals surface area (Å²) >= 11 is 24.9. The van der Waals surface area contributed by atoms with Crippen molar-refractivity contribution in [2.24, 2.45) is 9.98 Å². The number of hydrogen-bond donors (Lipinski definition) is 0. The van der Waals surface area contributed by atoms with Crippen LogP contribution in [0.15, 0.2) is 46.4 Å². The third-order valence-corrected chi connectivity index (χ3v) is 5.80. The quantitative estimate of drug-likeness (QED) is 0.138. The van der Waals surface area contributed by atoms with Crippen molar-refractivity contribution < 1.29 is 42.3 Å². The maximum Gasteiger partial charge on any atom is 1.00 e. The van der Waals surface area contributed by atoms with E-state index in [2.05, 4.69) is 0 Å². The second kappa shape index (κ2) is 11.7. The Morgan fingerprint density at radius 2 is 0.912 bits per heavy atom. The number of halogens is 10. The molecule has 0 unspecified atom stereocenters. The summed E-state index contributed by atoms with van der Waals surface area (Å²) < 4.78 is 59.2. The predicted octanol–water partition coefficient (Wildman–Crippen LogP) is 10.5. The van der Waals surface area contributed by atoms with E-state index in [-0.39, 0.29) is 29.2 Å². The van der Waals surface area contributed by atoms with Crippen molar-refractivity contribution in [3.63, 3.8) is 0 Å². The molecule has 0 bridgehead atoms. The minimum absolute atomic E-state index is 0. The summed E-state index contributed by atoms with van der Waals surface area (Å²) in [6.45, 7) is 0. The Bertz CT molecular complexity index is 930. The molecule has 2 aromatic rings. The normalized spacial score (nSPS) is 20.8. The fourth-order valence-electron chi connectivity index (χ4n) is 3.05. The molecule has 0 saturated heterocycles. The van der Waals surface area contributed by atoms with Crippen LogP contribution in [0, 0.1) is 0 Å². The first kappa shape index (κ1) is 31.5. The molecule has 34 heavy (non-hydrogen) atoms. The molecule has 1 saturated carbocycles. The van der Waals surface area contributed by atoms with Crippen molar-refractivity contribution in [3.8, 4) is 0 Å². The zero-order chi connectivity index (χ0) is 24.9. The summed E-state index contributed by atoms with van der Waals surface area (Å²) in [7, 11) is -10.7. The first-order valence-corrected chi connectivity index (χ1v) is 13.1. The smallest absolute Gasteiger partial charge is 1.00 e. The fraction of sp³-hybridized carbons (Fsp3) is 0.300. The van der Waals surface area contributed by atoms with Crippen LogP contribution in [-0.2, 0) is 17.1 Å². The van der Waals surface area contributed by atoms with Gasteiger partial charge >= 0.3 is 50.1 Å². The van der Waals surface area contributed by atoms with Crippen LogP contribution in [0.1, 0.15) is 36.8 Å². The molecule has 0 aromatic heterocycles. The minimum Gasteiger partial charge on any atom is 1.00 e. The van der Waals surface area contributed by atoms with Gasteiger partial charge in [-0.25, -0.2) is 0 Å². The molecule has 1 aliphatic carbocycles. The van der Waals surface area contributed by atoms with E-state index in [1.54, 1.807) is 12.4 Å². The van der Waals surface area contributed by atoms with Gasteiger partial charge in [-0.2, -0.15) is 0 Å². The van der Waals surface area contributed by atoms with Gasteiger partial charge in [0.1, 0.15) is 0 Å². The Balaban J connectivity index is 0.000000633. The van der Waals surface area contributed by atoms with Gasteiger partial charge in [0, 0.05) is 23.6 Å². The Morgan fingerprint density at radius 3 is 1.18 bits per heavy atom. The SMILES string of the molecule is Clc1cccc(Cl)c1C=N[C@@H]1CCCC[C@H]1N=Cc1c(Cl)cccc1Cl.F[P-](F)(F)(F)(F)F.[Cu+]. The molecule has 0 N–H and O–H groups in total. The average molecular weight is 637 g/mol. The molecule has 1 aliphatic rings. The minimum atomic E-state index is -10.7. The van der Waals surface area contributed by atoms with Crippen LogP contribution in [0.25, 0.3) is 0 Å². The molecule has 14 heteroatoms. The zero-order valence-corrected chi connectivity index (χ0v) is 21.9. The van der Waals surface area contributed by atoms with E-state index in [1.807, 2.05) is 36.4 Å². The van der Waals surface area contributed by atoms with Crippen LogP contribution in [0.5, 0.6) is 0 Å². The molecule has 3 rings (SSSR count). The van der Waals surface area contributed by atoms with Crippen molar-refractivity contribution in [2.45, 2.75) is 37.8 Å². The molecule has 0 amide bonds. The third-order valence-electron chi connectivity index (χ3n) is 4.48. The maximum atomic E-state index is 9.87. The van der Waals surface area contributed by atoms with E-state index in [1.165, 1.54) is 0 Å². The first-order valence-electron chi connectivity index (χ1n) is 9.52. The molecule has 2 nitrogen and oxygen atoms in total. The van der Waals surface area contributed by atoms with Gasteiger partial charge in [0.25, 0.3) is 0 Å². The van der Waals surface area contributed by atoms with Gasteiger partial charge in [-0.3, -0.25) is 9.98 Å². The largest absolute Gasteiger partial charge is 1.00 e. The summed E-state index contributed by atoms with van der Waals surface area (Å²) in [4.78, 5) is 9.48. The molecular weight excluding hydrogens is 619 g/mol. The summed E-state index contributed by atoms with van der Waals surface area (Å²) in [6.07, 6.45) is 7.78. The molecule has 0 spiro atoms. The van der Waals surface area contributed by atoms with Crippen LogP contribution in [0.2, 0.25) is 20.1 Å². The summed E-state index contributed by atoms with van der Waals surface area (Å²) in [5, 5.41) is 2.39. The van der Waals surface area contributed by atoms with E-state index in [0.717, 1.165) is 36.8 Å². The van der Waals surface area contributed by atoms with Crippen molar-refractivity contribution in [2.75, 3.05) is 0 Å². The number of rotatable bonds is 4. The number of nitrogens with zero attached hydrogens (tertiary/aromatic N) is 2. The fourth-order valence-corrected chi connectivity index (χ4v) is 4.04. The van der Waals surface area contributed by atoms with E-state index >= 15 is 0 Å². The van der Waals surface area contributed by atoms with Crippen LogP contribution in [-0.4, -0.2) is 24.5 Å². The molecule has 0 radical (unpaired) electrons. The van der Waals surface area contributed by atoms with E-state index in [0.29, 0.717) is 20.1 Å². The maximum absolute atomic E-state index is 10.7.